The highest BCUT2D eigenvalue weighted by atomic mass is 16.2. The second-order valence-electron chi connectivity index (χ2n) is 5.69. The number of rotatable bonds is 3. The summed E-state index contributed by atoms with van der Waals surface area (Å²) in [5, 5.41) is 5.39. The van der Waals surface area contributed by atoms with Gasteiger partial charge in [0.1, 0.15) is 0 Å². The predicted octanol–water partition coefficient (Wildman–Crippen LogP) is 3.75. The molecule has 23 heavy (non-hydrogen) atoms. The second-order valence-corrected chi connectivity index (χ2v) is 5.69. The molecule has 0 bridgehead atoms. The third kappa shape index (κ3) is 3.97. The first kappa shape index (κ1) is 16.7. The fourth-order valence-electron chi connectivity index (χ4n) is 2.51. The Bertz CT molecular complexity index is 751. The molecule has 4 nitrogen and oxygen atoms in total. The fraction of sp³-hybridized carbons (Fsp3) is 0.263. The molecule has 0 aliphatic rings. The van der Waals surface area contributed by atoms with Gasteiger partial charge in [0.2, 0.25) is 0 Å². The molecule has 0 saturated carbocycles. The zero-order valence-corrected chi connectivity index (χ0v) is 14.0. The molecule has 2 aromatic carbocycles. The highest BCUT2D eigenvalue weighted by Crippen LogP contribution is 2.21. The molecule has 2 amide bonds. The number of benzene rings is 2. The summed E-state index contributed by atoms with van der Waals surface area (Å²) in [5.74, 6) is -1.32. The molecule has 0 saturated heterocycles. The summed E-state index contributed by atoms with van der Waals surface area (Å²) >= 11 is 0. The van der Waals surface area contributed by atoms with E-state index >= 15 is 0 Å². The SMILES string of the molecule is CCc1cccc(C)c1NC(=O)C(=O)Nc1ccc(C)cc1C. The van der Waals surface area contributed by atoms with E-state index in [1.165, 1.54) is 0 Å². The summed E-state index contributed by atoms with van der Waals surface area (Å²) in [6.07, 6.45) is 0.788. The molecule has 0 radical (unpaired) electrons. The molecule has 2 rings (SSSR count). The minimum atomic E-state index is -0.665. The summed E-state index contributed by atoms with van der Waals surface area (Å²) in [6.45, 7) is 7.81. The lowest BCUT2D eigenvalue weighted by molar-refractivity contribution is -0.133. The maximum Gasteiger partial charge on any atom is 0.314 e. The average molecular weight is 310 g/mol. The molecule has 0 atom stereocenters. The molecule has 0 aliphatic carbocycles. The second kappa shape index (κ2) is 7.09. The van der Waals surface area contributed by atoms with Gasteiger partial charge < -0.3 is 10.6 Å². The van der Waals surface area contributed by atoms with Crippen LogP contribution in [0, 0.1) is 20.8 Å². The molecule has 0 heterocycles. The van der Waals surface area contributed by atoms with E-state index in [1.807, 2.05) is 58.0 Å². The van der Waals surface area contributed by atoms with E-state index in [4.69, 9.17) is 0 Å². The minimum absolute atomic E-state index is 0.649. The Hall–Kier alpha value is -2.62. The highest BCUT2D eigenvalue weighted by molar-refractivity contribution is 6.43. The highest BCUT2D eigenvalue weighted by Gasteiger charge is 2.17. The van der Waals surface area contributed by atoms with Crippen molar-refractivity contribution in [2.75, 3.05) is 10.6 Å². The maximum absolute atomic E-state index is 12.2. The Kier molecular flexibility index (Phi) is 5.16. The van der Waals surface area contributed by atoms with E-state index in [2.05, 4.69) is 10.6 Å². The minimum Gasteiger partial charge on any atom is -0.318 e. The molecular weight excluding hydrogens is 288 g/mol. The van der Waals surface area contributed by atoms with Crippen molar-refractivity contribution in [3.8, 4) is 0 Å². The van der Waals surface area contributed by atoms with Crippen molar-refractivity contribution in [2.24, 2.45) is 0 Å². The van der Waals surface area contributed by atoms with E-state index < -0.39 is 11.8 Å². The number of hydrogen-bond acceptors (Lipinski definition) is 2. The first-order valence-corrected chi connectivity index (χ1v) is 7.70. The van der Waals surface area contributed by atoms with Crippen LogP contribution in [0.5, 0.6) is 0 Å². The molecule has 0 unspecified atom stereocenters. The van der Waals surface area contributed by atoms with Crippen molar-refractivity contribution < 1.29 is 9.59 Å². The smallest absolute Gasteiger partial charge is 0.314 e. The lowest BCUT2D eigenvalue weighted by Gasteiger charge is -2.13. The van der Waals surface area contributed by atoms with Crippen molar-refractivity contribution in [1.82, 2.24) is 0 Å². The third-order valence-corrected chi connectivity index (χ3v) is 3.81. The van der Waals surface area contributed by atoms with Gasteiger partial charge in [-0.15, -0.1) is 0 Å². The summed E-state index contributed by atoms with van der Waals surface area (Å²) in [6, 6.07) is 11.5. The first-order chi connectivity index (χ1) is 10.9. The van der Waals surface area contributed by atoms with Gasteiger partial charge in [-0.1, -0.05) is 42.8 Å². The van der Waals surface area contributed by atoms with Gasteiger partial charge in [-0.3, -0.25) is 9.59 Å². The maximum atomic E-state index is 12.2. The van der Waals surface area contributed by atoms with Gasteiger partial charge in [-0.2, -0.15) is 0 Å². The number of carbonyl (C=O) groups is 2. The summed E-state index contributed by atoms with van der Waals surface area (Å²) in [4.78, 5) is 24.3. The number of amides is 2. The molecule has 0 aliphatic heterocycles. The normalized spacial score (nSPS) is 10.3. The lowest BCUT2D eigenvalue weighted by atomic mass is 10.1. The van der Waals surface area contributed by atoms with Crippen LogP contribution in [0.4, 0.5) is 11.4 Å². The number of aryl methyl sites for hydroxylation is 4. The predicted molar refractivity (Wildman–Crippen MR) is 93.7 cm³/mol. The molecule has 2 aromatic rings. The van der Waals surface area contributed by atoms with Gasteiger partial charge in [-0.25, -0.2) is 0 Å². The van der Waals surface area contributed by atoms with Gasteiger partial charge in [0, 0.05) is 11.4 Å². The monoisotopic (exact) mass is 310 g/mol. The van der Waals surface area contributed by atoms with E-state index in [-0.39, 0.29) is 0 Å². The van der Waals surface area contributed by atoms with Gasteiger partial charge in [0.25, 0.3) is 0 Å². The number of nitrogens with one attached hydrogen (secondary N) is 2. The molecule has 0 fully saturated rings. The summed E-state index contributed by atoms with van der Waals surface area (Å²) in [5.41, 5.74) is 5.36. The van der Waals surface area contributed by atoms with Gasteiger partial charge in [0.05, 0.1) is 0 Å². The molecular formula is C19H22N2O2. The standard InChI is InChI=1S/C19H22N2O2/c1-5-15-8-6-7-13(3)17(15)21-19(23)18(22)20-16-10-9-12(2)11-14(16)4/h6-11H,5H2,1-4H3,(H,20,22)(H,21,23). The average Bonchev–Trinajstić information content (AvgIpc) is 2.51. The number of hydrogen-bond donors (Lipinski definition) is 2. The quantitative estimate of drug-likeness (QED) is 0.848. The number of para-hydroxylation sites is 1. The van der Waals surface area contributed by atoms with Crippen molar-refractivity contribution in [3.05, 3.63) is 58.7 Å². The summed E-state index contributed by atoms with van der Waals surface area (Å²) in [7, 11) is 0. The van der Waals surface area contributed by atoms with Crippen LogP contribution in [0.25, 0.3) is 0 Å². The van der Waals surface area contributed by atoms with Crippen LogP contribution in [0.2, 0.25) is 0 Å². The summed E-state index contributed by atoms with van der Waals surface area (Å²) < 4.78 is 0. The van der Waals surface area contributed by atoms with E-state index in [1.54, 1.807) is 6.07 Å². The van der Waals surface area contributed by atoms with Crippen molar-refractivity contribution in [2.45, 2.75) is 34.1 Å². The van der Waals surface area contributed by atoms with Crippen molar-refractivity contribution in [1.29, 1.82) is 0 Å². The molecule has 120 valence electrons. The van der Waals surface area contributed by atoms with E-state index in [0.29, 0.717) is 5.69 Å². The number of anilines is 2. The van der Waals surface area contributed by atoms with E-state index in [9.17, 15) is 9.59 Å². The molecule has 4 heteroatoms. The van der Waals surface area contributed by atoms with Gasteiger partial charge in [0.15, 0.2) is 0 Å². The Morgan fingerprint density at radius 3 is 2.26 bits per heavy atom. The topological polar surface area (TPSA) is 58.2 Å². The zero-order valence-electron chi connectivity index (χ0n) is 14.0. The first-order valence-electron chi connectivity index (χ1n) is 7.70. The Labute approximate surface area is 136 Å². The van der Waals surface area contributed by atoms with Crippen LogP contribution in [0.1, 0.15) is 29.2 Å². The van der Waals surface area contributed by atoms with Crippen LogP contribution in [-0.2, 0) is 16.0 Å². The third-order valence-electron chi connectivity index (χ3n) is 3.81. The molecule has 0 aromatic heterocycles. The molecule has 0 spiro atoms. The zero-order chi connectivity index (χ0) is 17.0. The number of carbonyl (C=O) groups excluding carboxylic acids is 2. The Balaban J connectivity index is 2.13. The van der Waals surface area contributed by atoms with Crippen LogP contribution in [0.3, 0.4) is 0 Å². The van der Waals surface area contributed by atoms with Crippen LogP contribution < -0.4 is 10.6 Å². The molecule has 2 N–H and O–H groups in total. The van der Waals surface area contributed by atoms with Crippen molar-refractivity contribution >= 4 is 23.2 Å². The Morgan fingerprint density at radius 1 is 0.913 bits per heavy atom. The Morgan fingerprint density at radius 2 is 1.61 bits per heavy atom. The van der Waals surface area contributed by atoms with Crippen LogP contribution in [0.15, 0.2) is 36.4 Å². The van der Waals surface area contributed by atoms with Gasteiger partial charge in [-0.05, 0) is 49.9 Å². The lowest BCUT2D eigenvalue weighted by Crippen LogP contribution is -2.30. The largest absolute Gasteiger partial charge is 0.318 e. The van der Waals surface area contributed by atoms with Crippen molar-refractivity contribution in [3.63, 3.8) is 0 Å². The fourth-order valence-corrected chi connectivity index (χ4v) is 2.51. The van der Waals surface area contributed by atoms with E-state index in [0.717, 1.165) is 34.4 Å². The van der Waals surface area contributed by atoms with Gasteiger partial charge >= 0.3 is 11.8 Å². The van der Waals surface area contributed by atoms with Crippen LogP contribution >= 0.6 is 0 Å². The van der Waals surface area contributed by atoms with Crippen LogP contribution in [-0.4, -0.2) is 11.8 Å².